The molecule has 1 heterocycles. The number of morpholine rings is 1. The summed E-state index contributed by atoms with van der Waals surface area (Å²) in [4.78, 5) is 0. The minimum absolute atomic E-state index is 0.326. The molecule has 1 aromatic carbocycles. The fourth-order valence-corrected chi connectivity index (χ4v) is 2.00. The molecule has 1 aliphatic rings. The van der Waals surface area contributed by atoms with Crippen LogP contribution < -0.4 is 5.32 Å². The molecule has 0 aliphatic carbocycles. The van der Waals surface area contributed by atoms with Gasteiger partial charge in [0.2, 0.25) is 0 Å². The fraction of sp³-hybridized carbons (Fsp3) is 0.500. The minimum Gasteiger partial charge on any atom is -0.371 e. The Balaban J connectivity index is 2.45. The molecule has 1 fully saturated rings. The Kier molecular flexibility index (Phi) is 3.21. The molecule has 1 atom stereocenters. The van der Waals surface area contributed by atoms with Crippen LogP contribution in [0, 0.1) is 25.5 Å². The molecule has 88 valence electrons. The van der Waals surface area contributed by atoms with Gasteiger partial charge in [-0.1, -0.05) is 0 Å². The maximum Gasteiger partial charge on any atom is 0.132 e. The first-order valence-electron chi connectivity index (χ1n) is 5.38. The van der Waals surface area contributed by atoms with Crippen molar-refractivity contribution in [1.82, 2.24) is 5.32 Å². The van der Waals surface area contributed by atoms with Gasteiger partial charge in [-0.05, 0) is 31.0 Å². The maximum absolute atomic E-state index is 14.0. The Labute approximate surface area is 93.6 Å². The number of nitrogens with one attached hydrogen (secondary N) is 1. The lowest BCUT2D eigenvalue weighted by Gasteiger charge is -2.26. The summed E-state index contributed by atoms with van der Waals surface area (Å²) in [5.74, 6) is -0.726. The first kappa shape index (κ1) is 11.5. The Morgan fingerprint density at radius 3 is 2.75 bits per heavy atom. The average molecular weight is 227 g/mol. The van der Waals surface area contributed by atoms with Crippen LogP contribution in [-0.2, 0) is 4.74 Å². The van der Waals surface area contributed by atoms with Crippen LogP contribution in [0.15, 0.2) is 6.07 Å². The number of aryl methyl sites for hydroxylation is 1. The van der Waals surface area contributed by atoms with Gasteiger partial charge in [0, 0.05) is 18.7 Å². The van der Waals surface area contributed by atoms with Gasteiger partial charge in [-0.25, -0.2) is 8.78 Å². The SMILES string of the molecule is Cc1cc(F)c(C)c(C2CNCCO2)c1F. The van der Waals surface area contributed by atoms with Crippen molar-refractivity contribution in [3.63, 3.8) is 0 Å². The molecule has 0 saturated carbocycles. The predicted molar refractivity (Wildman–Crippen MR) is 57.4 cm³/mol. The number of hydrogen-bond acceptors (Lipinski definition) is 2. The first-order chi connectivity index (χ1) is 7.61. The summed E-state index contributed by atoms with van der Waals surface area (Å²) < 4.78 is 33.0. The van der Waals surface area contributed by atoms with Crippen LogP contribution in [0.5, 0.6) is 0 Å². The molecule has 1 unspecified atom stereocenters. The van der Waals surface area contributed by atoms with Crippen LogP contribution in [0.25, 0.3) is 0 Å². The highest BCUT2D eigenvalue weighted by Gasteiger charge is 2.24. The lowest BCUT2D eigenvalue weighted by Crippen LogP contribution is -2.34. The van der Waals surface area contributed by atoms with Crippen LogP contribution in [0.2, 0.25) is 0 Å². The zero-order valence-electron chi connectivity index (χ0n) is 9.44. The van der Waals surface area contributed by atoms with Gasteiger partial charge in [-0.2, -0.15) is 0 Å². The van der Waals surface area contributed by atoms with E-state index in [0.29, 0.717) is 29.8 Å². The van der Waals surface area contributed by atoms with Gasteiger partial charge >= 0.3 is 0 Å². The van der Waals surface area contributed by atoms with Gasteiger partial charge < -0.3 is 10.1 Å². The zero-order chi connectivity index (χ0) is 11.7. The van der Waals surface area contributed by atoms with Crippen molar-refractivity contribution in [3.05, 3.63) is 34.4 Å². The molecule has 0 radical (unpaired) electrons. The molecule has 2 rings (SSSR count). The summed E-state index contributed by atoms with van der Waals surface area (Å²) in [6.45, 7) is 4.97. The van der Waals surface area contributed by atoms with Gasteiger partial charge in [-0.15, -0.1) is 0 Å². The summed E-state index contributed by atoms with van der Waals surface area (Å²) in [6, 6.07) is 1.23. The number of ether oxygens (including phenoxy) is 1. The summed E-state index contributed by atoms with van der Waals surface area (Å²) in [6.07, 6.45) is -0.386. The average Bonchev–Trinajstić information content (AvgIpc) is 2.28. The zero-order valence-corrected chi connectivity index (χ0v) is 9.44. The maximum atomic E-state index is 14.0. The van der Waals surface area contributed by atoms with Crippen molar-refractivity contribution < 1.29 is 13.5 Å². The monoisotopic (exact) mass is 227 g/mol. The molecule has 0 aromatic heterocycles. The third-order valence-corrected chi connectivity index (χ3v) is 2.94. The van der Waals surface area contributed by atoms with Crippen LogP contribution >= 0.6 is 0 Å². The van der Waals surface area contributed by atoms with E-state index in [1.165, 1.54) is 6.07 Å². The Hall–Kier alpha value is -1.00. The predicted octanol–water partition coefficient (Wildman–Crippen LogP) is 2.24. The third kappa shape index (κ3) is 1.95. The molecule has 0 bridgehead atoms. The summed E-state index contributed by atoms with van der Waals surface area (Å²) in [5, 5.41) is 3.11. The molecule has 16 heavy (non-hydrogen) atoms. The van der Waals surface area contributed by atoms with E-state index in [9.17, 15) is 8.78 Å². The van der Waals surface area contributed by atoms with E-state index in [1.54, 1.807) is 13.8 Å². The van der Waals surface area contributed by atoms with Crippen molar-refractivity contribution in [2.45, 2.75) is 20.0 Å². The molecule has 1 saturated heterocycles. The van der Waals surface area contributed by atoms with Crippen LogP contribution in [0.1, 0.15) is 22.8 Å². The molecule has 1 N–H and O–H groups in total. The van der Waals surface area contributed by atoms with E-state index in [1.807, 2.05) is 0 Å². The first-order valence-corrected chi connectivity index (χ1v) is 5.38. The highest BCUT2D eigenvalue weighted by atomic mass is 19.1. The topological polar surface area (TPSA) is 21.3 Å². The van der Waals surface area contributed by atoms with Crippen LogP contribution in [0.4, 0.5) is 8.78 Å². The number of benzene rings is 1. The van der Waals surface area contributed by atoms with Crippen molar-refractivity contribution in [3.8, 4) is 0 Å². The second-order valence-electron chi connectivity index (χ2n) is 4.09. The van der Waals surface area contributed by atoms with E-state index < -0.39 is 0 Å². The Bertz CT molecular complexity index is 374. The largest absolute Gasteiger partial charge is 0.371 e. The molecule has 0 spiro atoms. The highest BCUT2D eigenvalue weighted by molar-refractivity contribution is 5.35. The van der Waals surface area contributed by atoms with E-state index >= 15 is 0 Å². The van der Waals surface area contributed by atoms with Gasteiger partial charge in [0.1, 0.15) is 11.6 Å². The molecule has 1 aromatic rings. The van der Waals surface area contributed by atoms with Crippen molar-refractivity contribution in [2.75, 3.05) is 19.7 Å². The van der Waals surface area contributed by atoms with Crippen LogP contribution in [-0.4, -0.2) is 19.7 Å². The molecule has 2 nitrogen and oxygen atoms in total. The number of rotatable bonds is 1. The van der Waals surface area contributed by atoms with E-state index in [2.05, 4.69) is 5.32 Å². The number of halogens is 2. The van der Waals surface area contributed by atoms with E-state index in [4.69, 9.17) is 4.74 Å². The van der Waals surface area contributed by atoms with Crippen molar-refractivity contribution in [1.29, 1.82) is 0 Å². The summed E-state index contributed by atoms with van der Waals surface area (Å²) in [7, 11) is 0. The smallest absolute Gasteiger partial charge is 0.132 e. The minimum atomic E-state index is -0.386. The Morgan fingerprint density at radius 1 is 1.38 bits per heavy atom. The standard InChI is InChI=1S/C12H15F2NO/c1-7-5-9(13)8(2)11(12(7)14)10-6-15-3-4-16-10/h5,10,15H,3-4,6H2,1-2H3. The van der Waals surface area contributed by atoms with Gasteiger partial charge in [0.05, 0.1) is 12.7 Å². The normalized spacial score (nSPS) is 21.1. The second kappa shape index (κ2) is 4.47. The third-order valence-electron chi connectivity index (χ3n) is 2.94. The fourth-order valence-electron chi connectivity index (χ4n) is 2.00. The number of hydrogen-bond donors (Lipinski definition) is 1. The molecule has 0 amide bonds. The molecule has 1 aliphatic heterocycles. The van der Waals surface area contributed by atoms with E-state index in [0.717, 1.165) is 6.54 Å². The van der Waals surface area contributed by atoms with Crippen molar-refractivity contribution in [2.24, 2.45) is 0 Å². The van der Waals surface area contributed by atoms with Gasteiger partial charge in [-0.3, -0.25) is 0 Å². The van der Waals surface area contributed by atoms with Crippen molar-refractivity contribution >= 4 is 0 Å². The second-order valence-corrected chi connectivity index (χ2v) is 4.09. The van der Waals surface area contributed by atoms with Gasteiger partial charge in [0.25, 0.3) is 0 Å². The van der Waals surface area contributed by atoms with E-state index in [-0.39, 0.29) is 17.7 Å². The lowest BCUT2D eigenvalue weighted by atomic mass is 9.98. The van der Waals surface area contributed by atoms with Crippen LogP contribution in [0.3, 0.4) is 0 Å². The van der Waals surface area contributed by atoms with Gasteiger partial charge in [0.15, 0.2) is 0 Å². The quantitative estimate of drug-likeness (QED) is 0.794. The summed E-state index contributed by atoms with van der Waals surface area (Å²) in [5.41, 5.74) is 1.02. The molecular formula is C12H15F2NO. The summed E-state index contributed by atoms with van der Waals surface area (Å²) >= 11 is 0. The Morgan fingerprint density at radius 2 is 2.12 bits per heavy atom. The molecule has 4 heteroatoms. The highest BCUT2D eigenvalue weighted by Crippen LogP contribution is 2.28. The lowest BCUT2D eigenvalue weighted by molar-refractivity contribution is 0.0248. The molecular weight excluding hydrogens is 212 g/mol.